The SMILES string of the molecule is NC1(c2ccc([N+](=O)[O-])s2)CCCCC1. The van der Waals surface area contributed by atoms with Crippen LogP contribution in [0.5, 0.6) is 0 Å². The third-order valence-electron chi connectivity index (χ3n) is 3.01. The maximum absolute atomic E-state index is 10.6. The number of thiophene rings is 1. The van der Waals surface area contributed by atoms with E-state index in [1.54, 1.807) is 6.07 Å². The van der Waals surface area contributed by atoms with E-state index in [4.69, 9.17) is 5.73 Å². The lowest BCUT2D eigenvalue weighted by Gasteiger charge is -2.32. The lowest BCUT2D eigenvalue weighted by atomic mass is 9.81. The zero-order valence-corrected chi connectivity index (χ0v) is 9.26. The highest BCUT2D eigenvalue weighted by Crippen LogP contribution is 2.39. The second kappa shape index (κ2) is 3.90. The van der Waals surface area contributed by atoms with Gasteiger partial charge < -0.3 is 5.73 Å². The summed E-state index contributed by atoms with van der Waals surface area (Å²) in [7, 11) is 0. The number of hydrogen-bond acceptors (Lipinski definition) is 4. The fourth-order valence-electron chi connectivity index (χ4n) is 2.12. The fraction of sp³-hybridized carbons (Fsp3) is 0.600. The van der Waals surface area contributed by atoms with Gasteiger partial charge in [0.2, 0.25) is 0 Å². The summed E-state index contributed by atoms with van der Waals surface area (Å²) >= 11 is 1.22. The van der Waals surface area contributed by atoms with E-state index >= 15 is 0 Å². The molecule has 4 nitrogen and oxygen atoms in total. The van der Waals surface area contributed by atoms with Gasteiger partial charge >= 0.3 is 5.00 Å². The summed E-state index contributed by atoms with van der Waals surface area (Å²) in [5.41, 5.74) is 5.97. The van der Waals surface area contributed by atoms with Gasteiger partial charge in [-0.05, 0) is 18.9 Å². The van der Waals surface area contributed by atoms with Gasteiger partial charge in [0.05, 0.1) is 10.5 Å². The summed E-state index contributed by atoms with van der Waals surface area (Å²) in [4.78, 5) is 11.2. The zero-order chi connectivity index (χ0) is 10.9. The van der Waals surface area contributed by atoms with Crippen LogP contribution in [0.4, 0.5) is 5.00 Å². The Balaban J connectivity index is 2.23. The summed E-state index contributed by atoms with van der Waals surface area (Å²) < 4.78 is 0. The molecule has 0 atom stereocenters. The highest BCUT2D eigenvalue weighted by Gasteiger charge is 2.32. The third-order valence-corrected chi connectivity index (χ3v) is 4.27. The van der Waals surface area contributed by atoms with Crippen molar-refractivity contribution in [1.82, 2.24) is 0 Å². The Morgan fingerprint density at radius 1 is 1.33 bits per heavy atom. The largest absolute Gasteiger partial charge is 0.324 e. The van der Waals surface area contributed by atoms with Crippen LogP contribution in [-0.2, 0) is 5.54 Å². The van der Waals surface area contributed by atoms with Gasteiger partial charge in [-0.2, -0.15) is 0 Å². The fourth-order valence-corrected chi connectivity index (χ4v) is 3.10. The maximum atomic E-state index is 10.6. The summed E-state index contributed by atoms with van der Waals surface area (Å²) in [6.45, 7) is 0. The minimum absolute atomic E-state index is 0.195. The number of nitrogens with two attached hydrogens (primary N) is 1. The summed E-state index contributed by atoms with van der Waals surface area (Å²) in [5, 5.41) is 10.8. The highest BCUT2D eigenvalue weighted by atomic mass is 32.1. The average Bonchev–Trinajstić information content (AvgIpc) is 2.68. The van der Waals surface area contributed by atoms with Crippen LogP contribution in [0.1, 0.15) is 37.0 Å². The highest BCUT2D eigenvalue weighted by molar-refractivity contribution is 7.15. The van der Waals surface area contributed by atoms with Crippen LogP contribution in [0.2, 0.25) is 0 Å². The number of rotatable bonds is 2. The lowest BCUT2D eigenvalue weighted by Crippen LogP contribution is -2.37. The van der Waals surface area contributed by atoms with E-state index in [2.05, 4.69) is 0 Å². The molecule has 1 aromatic heterocycles. The molecule has 0 aliphatic heterocycles. The van der Waals surface area contributed by atoms with E-state index in [0.29, 0.717) is 0 Å². The molecule has 1 fully saturated rings. The lowest BCUT2D eigenvalue weighted by molar-refractivity contribution is -0.380. The van der Waals surface area contributed by atoms with Gasteiger partial charge in [-0.25, -0.2) is 0 Å². The minimum Gasteiger partial charge on any atom is -0.321 e. The first-order chi connectivity index (χ1) is 7.12. The van der Waals surface area contributed by atoms with Gasteiger partial charge in [-0.15, -0.1) is 0 Å². The van der Waals surface area contributed by atoms with Crippen LogP contribution in [0, 0.1) is 10.1 Å². The van der Waals surface area contributed by atoms with Crippen molar-refractivity contribution in [3.05, 3.63) is 27.1 Å². The van der Waals surface area contributed by atoms with Crippen molar-refractivity contribution in [3.63, 3.8) is 0 Å². The van der Waals surface area contributed by atoms with Crippen LogP contribution >= 0.6 is 11.3 Å². The second-order valence-corrected chi connectivity index (χ2v) is 5.17. The molecule has 0 saturated heterocycles. The van der Waals surface area contributed by atoms with Crippen molar-refractivity contribution >= 4 is 16.3 Å². The van der Waals surface area contributed by atoms with Gasteiger partial charge in [0.1, 0.15) is 0 Å². The molecule has 1 aromatic rings. The summed E-state index contributed by atoms with van der Waals surface area (Å²) in [6.07, 6.45) is 5.38. The maximum Gasteiger partial charge on any atom is 0.324 e. The molecule has 82 valence electrons. The Morgan fingerprint density at radius 2 is 2.00 bits per heavy atom. The first-order valence-electron chi connectivity index (χ1n) is 5.15. The van der Waals surface area contributed by atoms with Crippen molar-refractivity contribution in [2.75, 3.05) is 0 Å². The van der Waals surface area contributed by atoms with Crippen LogP contribution < -0.4 is 5.73 Å². The molecule has 1 saturated carbocycles. The van der Waals surface area contributed by atoms with Crippen molar-refractivity contribution in [2.45, 2.75) is 37.6 Å². The Labute approximate surface area is 92.2 Å². The summed E-state index contributed by atoms with van der Waals surface area (Å²) in [6, 6.07) is 3.37. The van der Waals surface area contributed by atoms with Crippen LogP contribution in [-0.4, -0.2) is 4.92 Å². The second-order valence-electron chi connectivity index (χ2n) is 4.11. The first kappa shape index (κ1) is 10.6. The monoisotopic (exact) mass is 226 g/mol. The number of hydrogen-bond donors (Lipinski definition) is 1. The van der Waals surface area contributed by atoms with Gasteiger partial charge in [-0.1, -0.05) is 30.6 Å². The molecule has 0 aromatic carbocycles. The normalized spacial score (nSPS) is 20.1. The van der Waals surface area contributed by atoms with Gasteiger partial charge in [0.25, 0.3) is 0 Å². The Bertz CT molecular complexity index is 369. The molecule has 1 heterocycles. The van der Waals surface area contributed by atoms with E-state index in [9.17, 15) is 10.1 Å². The predicted octanol–water partition coefficient (Wildman–Crippen LogP) is 2.77. The van der Waals surface area contributed by atoms with Crippen molar-refractivity contribution in [1.29, 1.82) is 0 Å². The zero-order valence-electron chi connectivity index (χ0n) is 8.44. The van der Waals surface area contributed by atoms with Crippen LogP contribution in [0.3, 0.4) is 0 Å². The van der Waals surface area contributed by atoms with E-state index in [0.717, 1.165) is 30.6 Å². The molecule has 0 radical (unpaired) electrons. The van der Waals surface area contributed by atoms with Gasteiger partial charge in [-0.3, -0.25) is 10.1 Å². The molecule has 1 aliphatic rings. The van der Waals surface area contributed by atoms with E-state index in [-0.39, 0.29) is 15.5 Å². The molecule has 0 unspecified atom stereocenters. The molecular formula is C10H14N2O2S. The Morgan fingerprint density at radius 3 is 2.53 bits per heavy atom. The van der Waals surface area contributed by atoms with Crippen LogP contribution in [0.25, 0.3) is 0 Å². The van der Waals surface area contributed by atoms with Crippen molar-refractivity contribution < 1.29 is 4.92 Å². The topological polar surface area (TPSA) is 69.2 Å². The van der Waals surface area contributed by atoms with E-state index < -0.39 is 0 Å². The Hall–Kier alpha value is -0.940. The Kier molecular flexibility index (Phi) is 2.75. The van der Waals surface area contributed by atoms with Crippen LogP contribution in [0.15, 0.2) is 12.1 Å². The molecule has 15 heavy (non-hydrogen) atoms. The standard InChI is InChI=1S/C10H14N2O2S/c11-10(6-2-1-3-7-10)8-4-5-9(15-8)12(13)14/h4-5H,1-3,6-7,11H2. The first-order valence-corrected chi connectivity index (χ1v) is 5.97. The minimum atomic E-state index is -0.347. The number of nitrogens with zero attached hydrogens (tertiary/aromatic N) is 1. The van der Waals surface area contributed by atoms with Gasteiger partial charge in [0.15, 0.2) is 0 Å². The molecule has 0 bridgehead atoms. The number of nitro groups is 1. The molecule has 2 rings (SSSR count). The van der Waals surface area contributed by atoms with Crippen molar-refractivity contribution in [3.8, 4) is 0 Å². The molecular weight excluding hydrogens is 212 g/mol. The van der Waals surface area contributed by atoms with E-state index in [1.807, 2.05) is 6.07 Å². The van der Waals surface area contributed by atoms with E-state index in [1.165, 1.54) is 17.8 Å². The summed E-state index contributed by atoms with van der Waals surface area (Å²) in [5.74, 6) is 0. The molecule has 2 N–H and O–H groups in total. The smallest absolute Gasteiger partial charge is 0.321 e. The van der Waals surface area contributed by atoms with Gasteiger partial charge in [0, 0.05) is 10.9 Å². The molecule has 0 amide bonds. The predicted molar refractivity (Wildman–Crippen MR) is 59.9 cm³/mol. The quantitative estimate of drug-likeness (QED) is 0.622. The third kappa shape index (κ3) is 2.03. The van der Waals surface area contributed by atoms with Crippen molar-refractivity contribution in [2.24, 2.45) is 5.73 Å². The average molecular weight is 226 g/mol. The molecule has 0 spiro atoms. The molecule has 5 heteroatoms. The molecule has 1 aliphatic carbocycles.